The molecule has 10 aromatic rings. The minimum Gasteiger partial charge on any atom is -0.463 e. The summed E-state index contributed by atoms with van der Waals surface area (Å²) in [7, 11) is 0. The fourth-order valence-electron chi connectivity index (χ4n) is 11.4. The molecule has 0 aromatic heterocycles. The largest absolute Gasteiger partial charge is 0.463 e. The van der Waals surface area contributed by atoms with Gasteiger partial charge in [0.15, 0.2) is 0 Å². The molecule has 10 aromatic carbocycles. The third-order valence-electron chi connectivity index (χ3n) is 14.7. The van der Waals surface area contributed by atoms with Crippen molar-refractivity contribution in [1.29, 1.82) is 0 Å². The van der Waals surface area contributed by atoms with Crippen LogP contribution in [0.5, 0.6) is 0 Å². The van der Waals surface area contributed by atoms with Crippen LogP contribution in [-0.2, 0) is 56.6 Å². The number of hydrogen-bond acceptors (Lipinski definition) is 8. The zero-order valence-corrected chi connectivity index (χ0v) is 40.3. The van der Waals surface area contributed by atoms with Gasteiger partial charge in [-0.1, -0.05) is 136 Å². The van der Waals surface area contributed by atoms with Gasteiger partial charge in [0, 0.05) is 24.3 Å². The van der Waals surface area contributed by atoms with Crippen LogP contribution in [0.15, 0.2) is 184 Å². The van der Waals surface area contributed by atoms with E-state index in [9.17, 15) is 19.2 Å². The van der Waals surface area contributed by atoms with Gasteiger partial charge in [0.05, 0.1) is 18.6 Å². The second-order valence-electron chi connectivity index (χ2n) is 18.8. The lowest BCUT2D eigenvalue weighted by Gasteiger charge is -2.32. The number of rotatable bonds is 18. The Bertz CT molecular complexity index is 3900. The summed E-state index contributed by atoms with van der Waals surface area (Å²) >= 11 is 0. The van der Waals surface area contributed by atoms with E-state index < -0.39 is 29.3 Å². The molecule has 0 radical (unpaired) electrons. The number of hydrogen-bond donors (Lipinski definition) is 0. The first-order valence-electron chi connectivity index (χ1n) is 24.5. The molecule has 0 saturated heterocycles. The predicted octanol–water partition coefficient (Wildman–Crippen LogP) is 14.2. The van der Waals surface area contributed by atoms with E-state index in [1.807, 2.05) is 0 Å². The van der Waals surface area contributed by atoms with E-state index in [4.69, 9.17) is 18.9 Å². The van der Waals surface area contributed by atoms with Crippen molar-refractivity contribution in [2.45, 2.75) is 37.7 Å². The first-order valence-corrected chi connectivity index (χ1v) is 24.5. The van der Waals surface area contributed by atoms with Crippen molar-refractivity contribution >= 4 is 88.5 Å². The van der Waals surface area contributed by atoms with Crippen molar-refractivity contribution in [3.8, 4) is 33.4 Å². The summed E-state index contributed by atoms with van der Waals surface area (Å²) in [6.45, 7) is 15.0. The number of benzene rings is 10. The topological polar surface area (TPSA) is 105 Å². The van der Waals surface area contributed by atoms with Gasteiger partial charge in [-0.15, -0.1) is 0 Å². The number of fused-ring (bicyclic) bond motifs is 3. The highest BCUT2D eigenvalue weighted by atomic mass is 16.5. The van der Waals surface area contributed by atoms with Crippen molar-refractivity contribution in [2.24, 2.45) is 0 Å². The Morgan fingerprint density at radius 1 is 0.411 bits per heavy atom. The average molecular weight is 959 g/mol. The molecule has 0 aliphatic heterocycles. The smallest absolute Gasteiger partial charge is 0.330 e. The molecule has 0 N–H and O–H groups in total. The summed E-state index contributed by atoms with van der Waals surface area (Å²) in [6.07, 6.45) is 7.16. The Labute approximate surface area is 422 Å². The van der Waals surface area contributed by atoms with Crippen LogP contribution >= 0.6 is 0 Å². The van der Waals surface area contributed by atoms with E-state index in [2.05, 4.69) is 160 Å². The molecule has 1 atom stereocenters. The van der Waals surface area contributed by atoms with Crippen molar-refractivity contribution in [3.63, 3.8) is 0 Å². The third-order valence-corrected chi connectivity index (χ3v) is 14.7. The number of esters is 4. The molecule has 8 heteroatoms. The highest BCUT2D eigenvalue weighted by Gasteiger charge is 2.45. The van der Waals surface area contributed by atoms with E-state index in [-0.39, 0.29) is 19.8 Å². The maximum absolute atomic E-state index is 13.2. The van der Waals surface area contributed by atoms with Gasteiger partial charge in [0.1, 0.15) is 13.2 Å². The fourth-order valence-corrected chi connectivity index (χ4v) is 11.4. The Morgan fingerprint density at radius 2 is 0.822 bits per heavy atom. The van der Waals surface area contributed by atoms with Crippen LogP contribution in [0.4, 0.5) is 0 Å². The lowest BCUT2D eigenvalue weighted by molar-refractivity contribution is -0.140. The summed E-state index contributed by atoms with van der Waals surface area (Å²) in [4.78, 5) is 49.0. The predicted molar refractivity (Wildman–Crippen MR) is 292 cm³/mol. The molecular formula is C65H50O8. The maximum Gasteiger partial charge on any atom is 0.330 e. The SMILES string of the molecule is C=CC(=O)OCCCc1cc2ccc3ccc(-c4ccc5c(c4)C(CCCOC(=O)C=C)(COC(=O)C=C)c4cc(-c6ccc7ccc8cc(COC(=O)C=C)cc9ccc6c7c89)ccc4-5)c4ccc(c1)c2c34. The van der Waals surface area contributed by atoms with Gasteiger partial charge in [-0.25, -0.2) is 19.2 Å². The molecule has 1 aliphatic carbocycles. The van der Waals surface area contributed by atoms with Crippen LogP contribution in [0, 0.1) is 0 Å². The summed E-state index contributed by atoms with van der Waals surface area (Å²) in [5, 5.41) is 13.5. The Morgan fingerprint density at radius 3 is 1.33 bits per heavy atom. The fraction of sp³-hybridized carbons (Fsp3) is 0.138. The highest BCUT2D eigenvalue weighted by molar-refractivity contribution is 6.27. The number of carbonyl (C=O) groups is 4. The van der Waals surface area contributed by atoms with Crippen molar-refractivity contribution in [3.05, 3.63) is 206 Å². The Kier molecular flexibility index (Phi) is 12.1. The van der Waals surface area contributed by atoms with Gasteiger partial charge in [-0.2, -0.15) is 0 Å². The zero-order valence-electron chi connectivity index (χ0n) is 40.3. The molecule has 8 nitrogen and oxygen atoms in total. The van der Waals surface area contributed by atoms with Gasteiger partial charge in [-0.05, 0) is 170 Å². The molecular weight excluding hydrogens is 909 g/mol. The van der Waals surface area contributed by atoms with Crippen LogP contribution < -0.4 is 0 Å². The summed E-state index contributed by atoms with van der Waals surface area (Å²) in [6, 6.07) is 47.9. The van der Waals surface area contributed by atoms with Crippen molar-refractivity contribution in [2.75, 3.05) is 19.8 Å². The Hall–Kier alpha value is -8.88. The molecule has 0 amide bonds. The Balaban J connectivity index is 1.03. The van der Waals surface area contributed by atoms with Gasteiger partial charge >= 0.3 is 23.9 Å². The molecule has 0 heterocycles. The molecule has 11 rings (SSSR count). The second-order valence-corrected chi connectivity index (χ2v) is 18.8. The lowest BCUT2D eigenvalue weighted by Crippen LogP contribution is -2.33. The van der Waals surface area contributed by atoms with E-state index in [1.165, 1.54) is 40.6 Å². The van der Waals surface area contributed by atoms with E-state index in [1.54, 1.807) is 0 Å². The highest BCUT2D eigenvalue weighted by Crippen LogP contribution is 2.54. The van der Waals surface area contributed by atoms with Gasteiger partial charge in [-0.3, -0.25) is 0 Å². The van der Waals surface area contributed by atoms with Crippen molar-refractivity contribution < 1.29 is 38.1 Å². The van der Waals surface area contributed by atoms with Crippen LogP contribution in [0.1, 0.15) is 41.5 Å². The van der Waals surface area contributed by atoms with Crippen LogP contribution in [0.3, 0.4) is 0 Å². The average Bonchev–Trinajstić information content (AvgIpc) is 3.70. The number of carbonyl (C=O) groups excluding carboxylic acids is 4. The molecule has 0 saturated carbocycles. The van der Waals surface area contributed by atoms with Crippen LogP contribution in [-0.4, -0.2) is 43.7 Å². The maximum atomic E-state index is 13.2. The summed E-state index contributed by atoms with van der Waals surface area (Å²) in [5.74, 6) is -1.91. The second kappa shape index (κ2) is 19.0. The van der Waals surface area contributed by atoms with Gasteiger partial charge < -0.3 is 18.9 Å². The normalized spacial score (nSPS) is 13.9. The molecule has 0 spiro atoms. The molecule has 0 fully saturated rings. The quantitative estimate of drug-likeness (QED) is 0.0275. The first-order chi connectivity index (χ1) is 35.6. The van der Waals surface area contributed by atoms with Gasteiger partial charge in [0.25, 0.3) is 0 Å². The summed E-state index contributed by atoms with van der Waals surface area (Å²) < 4.78 is 22.4. The molecule has 1 aliphatic rings. The molecule has 73 heavy (non-hydrogen) atoms. The monoisotopic (exact) mass is 958 g/mol. The lowest BCUT2D eigenvalue weighted by atomic mass is 9.74. The minimum atomic E-state index is -0.852. The summed E-state index contributed by atoms with van der Waals surface area (Å²) in [5.41, 5.74) is 9.47. The van der Waals surface area contributed by atoms with E-state index in [0.29, 0.717) is 25.9 Å². The third kappa shape index (κ3) is 8.24. The van der Waals surface area contributed by atoms with Crippen LogP contribution in [0.2, 0.25) is 0 Å². The van der Waals surface area contributed by atoms with E-state index >= 15 is 0 Å². The van der Waals surface area contributed by atoms with Gasteiger partial charge in [0.2, 0.25) is 0 Å². The zero-order chi connectivity index (χ0) is 50.4. The number of ether oxygens (including phenoxy) is 4. The minimum absolute atomic E-state index is 0.0284. The number of aryl methyl sites for hydroxylation is 1. The standard InChI is InChI=1S/C65H50O8/c1-5-57(66)70-29-9-11-39-31-45-14-12-41-16-22-49(53-26-20-47(32-39)61(45)63(41)53)43-18-24-51-52-25-19-44(36-56(52)65(55(51)35-43,38-73-60(69)8-4)28-10-30-71-58(67)6-2)50-23-17-42-13-15-46-33-40(37-72-59(68)7-3)34-48-21-27-54(50)64(42)62(46)48/h5-8,12-27,31-36H,1-4,9-11,28-30,37-38H2. The molecule has 358 valence electrons. The molecule has 0 bridgehead atoms. The van der Waals surface area contributed by atoms with Crippen LogP contribution in [0.25, 0.3) is 98.0 Å². The molecule has 1 unspecified atom stereocenters. The first kappa shape index (κ1) is 46.5. The van der Waals surface area contributed by atoms with E-state index in [0.717, 1.165) is 110 Å². The van der Waals surface area contributed by atoms with Crippen molar-refractivity contribution in [1.82, 2.24) is 0 Å².